The molecule has 1 aliphatic rings. The lowest BCUT2D eigenvalue weighted by atomic mass is 9.90. The molecule has 1 aliphatic heterocycles. The molecule has 0 fully saturated rings. The second-order valence-corrected chi connectivity index (χ2v) is 8.13. The third-order valence-electron chi connectivity index (χ3n) is 6.11. The lowest BCUT2D eigenvalue weighted by Gasteiger charge is -2.37. The van der Waals surface area contributed by atoms with Gasteiger partial charge in [0.25, 0.3) is 0 Å². The molecular weight excluding hydrogens is 352 g/mol. The van der Waals surface area contributed by atoms with Crippen LogP contribution in [-0.2, 0) is 32.4 Å². The van der Waals surface area contributed by atoms with Crippen LogP contribution in [0.2, 0.25) is 0 Å². The van der Waals surface area contributed by atoms with Gasteiger partial charge in [-0.15, -0.1) is 0 Å². The Labute approximate surface area is 175 Å². The van der Waals surface area contributed by atoms with E-state index in [9.17, 15) is 0 Å². The van der Waals surface area contributed by atoms with Gasteiger partial charge in [-0.1, -0.05) is 85.8 Å². The highest BCUT2D eigenvalue weighted by Gasteiger charge is 2.25. The van der Waals surface area contributed by atoms with Crippen molar-refractivity contribution >= 4 is 0 Å². The van der Waals surface area contributed by atoms with Gasteiger partial charge < -0.3 is 5.32 Å². The minimum Gasteiger partial charge on any atom is -0.311 e. The van der Waals surface area contributed by atoms with Gasteiger partial charge in [0, 0.05) is 32.2 Å². The molecule has 3 aromatic carbocycles. The molecule has 1 N–H and O–H groups in total. The zero-order valence-corrected chi connectivity index (χ0v) is 17.5. The molecule has 1 heterocycles. The molecule has 0 radical (unpaired) electrons. The van der Waals surface area contributed by atoms with E-state index in [-0.39, 0.29) is 0 Å². The number of nitrogens with zero attached hydrogens (tertiary/aromatic N) is 1. The molecule has 29 heavy (non-hydrogen) atoms. The maximum absolute atomic E-state index is 3.65. The fourth-order valence-electron chi connectivity index (χ4n) is 4.34. The van der Waals surface area contributed by atoms with Crippen molar-refractivity contribution in [1.82, 2.24) is 10.2 Å². The van der Waals surface area contributed by atoms with E-state index in [2.05, 4.69) is 96.0 Å². The molecule has 2 nitrogen and oxygen atoms in total. The second kappa shape index (κ2) is 9.87. The molecule has 3 aromatic rings. The lowest BCUT2D eigenvalue weighted by molar-refractivity contribution is 0.170. The van der Waals surface area contributed by atoms with E-state index in [0.717, 1.165) is 45.4 Å². The fourth-order valence-corrected chi connectivity index (χ4v) is 4.34. The van der Waals surface area contributed by atoms with Gasteiger partial charge in [0.1, 0.15) is 0 Å². The zero-order chi connectivity index (χ0) is 19.9. The largest absolute Gasteiger partial charge is 0.311 e. The monoisotopic (exact) mass is 384 g/mol. The molecule has 0 saturated heterocycles. The summed E-state index contributed by atoms with van der Waals surface area (Å²) in [6.07, 6.45) is 3.37. The van der Waals surface area contributed by atoms with Crippen molar-refractivity contribution in [2.24, 2.45) is 0 Å². The summed E-state index contributed by atoms with van der Waals surface area (Å²) in [5.41, 5.74) is 7.22. The zero-order valence-electron chi connectivity index (χ0n) is 17.5. The topological polar surface area (TPSA) is 15.3 Å². The third kappa shape index (κ3) is 5.35. The molecule has 150 valence electrons. The van der Waals surface area contributed by atoms with Crippen LogP contribution in [0.5, 0.6) is 0 Å². The van der Waals surface area contributed by atoms with Crippen LogP contribution in [0.25, 0.3) is 0 Å². The van der Waals surface area contributed by atoms with E-state index in [0.29, 0.717) is 6.04 Å². The molecule has 0 amide bonds. The minimum atomic E-state index is 0.568. The Morgan fingerprint density at radius 2 is 1.48 bits per heavy atom. The number of hydrogen-bond donors (Lipinski definition) is 1. The lowest BCUT2D eigenvalue weighted by Crippen LogP contribution is -2.44. The Kier molecular flexibility index (Phi) is 6.76. The predicted octanol–water partition coefficient (Wildman–Crippen LogP) is 5.01. The van der Waals surface area contributed by atoms with Crippen LogP contribution in [-0.4, -0.2) is 24.0 Å². The summed E-state index contributed by atoms with van der Waals surface area (Å²) >= 11 is 0. The summed E-state index contributed by atoms with van der Waals surface area (Å²) in [4.78, 5) is 2.67. The summed E-state index contributed by atoms with van der Waals surface area (Å²) < 4.78 is 0. The van der Waals surface area contributed by atoms with Gasteiger partial charge in [-0.3, -0.25) is 4.90 Å². The maximum atomic E-state index is 3.65. The molecule has 0 bridgehead atoms. The number of fused-ring (bicyclic) bond motifs is 1. The molecular formula is C27H32N2. The van der Waals surface area contributed by atoms with Crippen LogP contribution >= 0.6 is 0 Å². The summed E-state index contributed by atoms with van der Waals surface area (Å²) in [6, 6.07) is 29.5. The molecule has 0 aromatic heterocycles. The Hall–Kier alpha value is -2.42. The van der Waals surface area contributed by atoms with Gasteiger partial charge in [-0.05, 0) is 47.1 Å². The molecule has 1 unspecified atom stereocenters. The van der Waals surface area contributed by atoms with Gasteiger partial charge in [-0.2, -0.15) is 0 Å². The summed E-state index contributed by atoms with van der Waals surface area (Å²) in [7, 11) is 0. The summed E-state index contributed by atoms with van der Waals surface area (Å²) in [5, 5.41) is 3.65. The van der Waals surface area contributed by atoms with Gasteiger partial charge in [0.2, 0.25) is 0 Å². The van der Waals surface area contributed by atoms with Crippen LogP contribution in [0.4, 0.5) is 0 Å². The third-order valence-corrected chi connectivity index (χ3v) is 6.11. The van der Waals surface area contributed by atoms with Crippen LogP contribution in [0.3, 0.4) is 0 Å². The fraction of sp³-hybridized carbons (Fsp3) is 0.333. The van der Waals surface area contributed by atoms with Crippen molar-refractivity contribution in [3.05, 3.63) is 107 Å². The van der Waals surface area contributed by atoms with Crippen molar-refractivity contribution in [2.75, 3.05) is 13.1 Å². The quantitative estimate of drug-likeness (QED) is 0.549. The van der Waals surface area contributed by atoms with Crippen molar-refractivity contribution < 1.29 is 0 Å². The van der Waals surface area contributed by atoms with E-state index in [1.807, 2.05) is 0 Å². The maximum Gasteiger partial charge on any atom is 0.0240 e. The van der Waals surface area contributed by atoms with Crippen LogP contribution < -0.4 is 5.32 Å². The van der Waals surface area contributed by atoms with Crippen molar-refractivity contribution in [3.8, 4) is 0 Å². The van der Waals surface area contributed by atoms with Crippen molar-refractivity contribution in [2.45, 2.75) is 45.3 Å². The van der Waals surface area contributed by atoms with Crippen LogP contribution in [0, 0.1) is 0 Å². The Morgan fingerprint density at radius 1 is 0.793 bits per heavy atom. The first-order valence-corrected chi connectivity index (χ1v) is 10.9. The number of hydrogen-bond acceptors (Lipinski definition) is 2. The molecule has 1 atom stereocenters. The molecule has 4 rings (SSSR count). The Balaban J connectivity index is 1.36. The molecule has 0 aliphatic carbocycles. The Morgan fingerprint density at radius 3 is 2.24 bits per heavy atom. The van der Waals surface area contributed by atoms with Crippen molar-refractivity contribution in [1.29, 1.82) is 0 Å². The van der Waals surface area contributed by atoms with Gasteiger partial charge >= 0.3 is 0 Å². The molecule has 2 heteroatoms. The SMILES string of the molecule is CCc1ccc(CNCCN2Cc3ccccc3CC2Cc2ccccc2)cc1. The van der Waals surface area contributed by atoms with E-state index in [4.69, 9.17) is 0 Å². The van der Waals surface area contributed by atoms with Crippen molar-refractivity contribution in [3.63, 3.8) is 0 Å². The number of aryl methyl sites for hydroxylation is 1. The molecule has 0 saturated carbocycles. The first-order chi connectivity index (χ1) is 14.3. The minimum absolute atomic E-state index is 0.568. The average Bonchev–Trinajstić information content (AvgIpc) is 2.78. The standard InChI is InChI=1S/C27H32N2/c1-2-22-12-14-24(15-13-22)20-28-16-17-29-21-26-11-7-6-10-25(26)19-27(29)18-23-8-4-3-5-9-23/h3-15,27-28H,2,16-21H2,1H3. The smallest absolute Gasteiger partial charge is 0.0240 e. The van der Waals surface area contributed by atoms with Crippen LogP contribution in [0.15, 0.2) is 78.9 Å². The first kappa shape index (κ1) is 19.9. The van der Waals surface area contributed by atoms with Gasteiger partial charge in [0.05, 0.1) is 0 Å². The average molecular weight is 385 g/mol. The second-order valence-electron chi connectivity index (χ2n) is 8.13. The molecule has 0 spiro atoms. The first-order valence-electron chi connectivity index (χ1n) is 10.9. The highest BCUT2D eigenvalue weighted by atomic mass is 15.2. The van der Waals surface area contributed by atoms with Gasteiger partial charge in [-0.25, -0.2) is 0 Å². The summed E-state index contributed by atoms with van der Waals surface area (Å²) in [6.45, 7) is 6.30. The van der Waals surface area contributed by atoms with Crippen LogP contribution in [0.1, 0.15) is 34.7 Å². The predicted molar refractivity (Wildman–Crippen MR) is 122 cm³/mol. The Bertz CT molecular complexity index is 886. The number of nitrogens with one attached hydrogen (secondary N) is 1. The normalized spacial score (nSPS) is 16.5. The number of rotatable bonds is 8. The van der Waals surface area contributed by atoms with E-state index in [1.54, 1.807) is 0 Å². The highest BCUT2D eigenvalue weighted by molar-refractivity contribution is 5.31. The number of benzene rings is 3. The highest BCUT2D eigenvalue weighted by Crippen LogP contribution is 2.25. The summed E-state index contributed by atoms with van der Waals surface area (Å²) in [5.74, 6) is 0. The van der Waals surface area contributed by atoms with E-state index in [1.165, 1.54) is 27.8 Å². The van der Waals surface area contributed by atoms with E-state index >= 15 is 0 Å². The van der Waals surface area contributed by atoms with E-state index < -0.39 is 0 Å². The van der Waals surface area contributed by atoms with Gasteiger partial charge in [0.15, 0.2) is 0 Å².